The van der Waals surface area contributed by atoms with E-state index in [1.807, 2.05) is 60.7 Å². The highest BCUT2D eigenvalue weighted by atomic mass is 16.5. The van der Waals surface area contributed by atoms with Crippen LogP contribution >= 0.6 is 0 Å². The molecule has 0 aromatic heterocycles. The fraction of sp³-hybridized carbons (Fsp3) is 0.0526. The SMILES string of the molecule is CC(=O)Oc1ccc(C(=O)Oc2ccc3ccccc3c2-c2c(OC(=O)c3ccc(OC(C)=O)cc3)ccc3ccccc23)cc1. The van der Waals surface area contributed by atoms with Gasteiger partial charge in [-0.2, -0.15) is 0 Å². The van der Waals surface area contributed by atoms with Crippen LogP contribution < -0.4 is 18.9 Å². The molecule has 0 saturated carbocycles. The Bertz CT molecular complexity index is 1980. The minimum absolute atomic E-state index is 0.247. The van der Waals surface area contributed by atoms with Gasteiger partial charge < -0.3 is 18.9 Å². The van der Waals surface area contributed by atoms with Crippen LogP contribution in [0.15, 0.2) is 121 Å². The van der Waals surface area contributed by atoms with Gasteiger partial charge in [0.25, 0.3) is 0 Å². The molecule has 6 aromatic rings. The lowest BCUT2D eigenvalue weighted by molar-refractivity contribution is -0.132. The molecule has 46 heavy (non-hydrogen) atoms. The van der Waals surface area contributed by atoms with E-state index in [4.69, 9.17) is 18.9 Å². The van der Waals surface area contributed by atoms with Crippen molar-refractivity contribution in [2.75, 3.05) is 0 Å². The highest BCUT2D eigenvalue weighted by Gasteiger charge is 2.23. The van der Waals surface area contributed by atoms with Crippen molar-refractivity contribution in [3.63, 3.8) is 0 Å². The Morgan fingerprint density at radius 1 is 0.413 bits per heavy atom. The number of carbonyl (C=O) groups is 4. The van der Waals surface area contributed by atoms with Crippen LogP contribution in [0.4, 0.5) is 0 Å². The molecule has 8 heteroatoms. The molecule has 226 valence electrons. The van der Waals surface area contributed by atoms with Crippen LogP contribution in [0.2, 0.25) is 0 Å². The van der Waals surface area contributed by atoms with Crippen molar-refractivity contribution in [1.82, 2.24) is 0 Å². The second-order valence-electron chi connectivity index (χ2n) is 10.3. The van der Waals surface area contributed by atoms with Crippen LogP contribution in [0.5, 0.6) is 23.0 Å². The lowest BCUT2D eigenvalue weighted by Crippen LogP contribution is -2.11. The third-order valence-corrected chi connectivity index (χ3v) is 7.14. The number of hydrogen-bond donors (Lipinski definition) is 0. The third kappa shape index (κ3) is 6.32. The summed E-state index contributed by atoms with van der Waals surface area (Å²) in [4.78, 5) is 49.5. The Balaban J connectivity index is 1.45. The van der Waals surface area contributed by atoms with E-state index in [1.54, 1.807) is 12.1 Å². The first-order chi connectivity index (χ1) is 22.3. The molecule has 0 fully saturated rings. The van der Waals surface area contributed by atoms with E-state index in [0.717, 1.165) is 21.5 Å². The molecule has 0 aliphatic heterocycles. The maximum Gasteiger partial charge on any atom is 0.343 e. The molecule has 6 rings (SSSR count). The van der Waals surface area contributed by atoms with E-state index < -0.39 is 23.9 Å². The van der Waals surface area contributed by atoms with Crippen LogP contribution in [0.25, 0.3) is 32.7 Å². The quantitative estimate of drug-likeness (QED) is 0.132. The Morgan fingerprint density at radius 3 is 1.15 bits per heavy atom. The zero-order chi connectivity index (χ0) is 32.2. The molecule has 0 bridgehead atoms. The standard InChI is InChI=1S/C38H26O8/c1-23(39)43-29-17-11-27(12-18-29)37(41)45-33-21-15-25-7-3-5-9-31(25)35(33)36-32-10-6-4-8-26(32)16-22-34(36)46-38(42)28-13-19-30(20-14-28)44-24(2)40/h3-22H,1-2H3. The smallest absolute Gasteiger partial charge is 0.343 e. The molecule has 6 aromatic carbocycles. The van der Waals surface area contributed by atoms with Crippen molar-refractivity contribution in [3.05, 3.63) is 132 Å². The molecule has 0 saturated heterocycles. The number of rotatable bonds is 7. The summed E-state index contributed by atoms with van der Waals surface area (Å²) in [6, 6.07) is 34.5. The summed E-state index contributed by atoms with van der Waals surface area (Å²) in [5.74, 6) is -1.07. The van der Waals surface area contributed by atoms with Crippen LogP contribution in [0, 0.1) is 0 Å². The minimum Gasteiger partial charge on any atom is -0.427 e. The van der Waals surface area contributed by atoms with E-state index in [9.17, 15) is 19.2 Å². The van der Waals surface area contributed by atoms with E-state index in [1.165, 1.54) is 62.4 Å². The van der Waals surface area contributed by atoms with E-state index in [0.29, 0.717) is 22.6 Å². The first-order valence-corrected chi connectivity index (χ1v) is 14.3. The summed E-state index contributed by atoms with van der Waals surface area (Å²) >= 11 is 0. The Hall–Kier alpha value is -6.28. The van der Waals surface area contributed by atoms with Gasteiger partial charge in [0, 0.05) is 25.0 Å². The van der Waals surface area contributed by atoms with Gasteiger partial charge in [0.1, 0.15) is 23.0 Å². The first-order valence-electron chi connectivity index (χ1n) is 14.3. The molecular weight excluding hydrogens is 584 g/mol. The number of ether oxygens (including phenoxy) is 4. The van der Waals surface area contributed by atoms with Gasteiger partial charge in [-0.05, 0) is 82.2 Å². The number of fused-ring (bicyclic) bond motifs is 2. The molecule has 0 atom stereocenters. The van der Waals surface area contributed by atoms with Crippen molar-refractivity contribution in [3.8, 4) is 34.1 Å². The fourth-order valence-electron chi connectivity index (χ4n) is 5.16. The van der Waals surface area contributed by atoms with Crippen LogP contribution in [0.3, 0.4) is 0 Å². The second-order valence-corrected chi connectivity index (χ2v) is 10.3. The second kappa shape index (κ2) is 12.8. The number of hydrogen-bond acceptors (Lipinski definition) is 8. The minimum atomic E-state index is -0.627. The van der Waals surface area contributed by atoms with Crippen molar-refractivity contribution in [2.24, 2.45) is 0 Å². The summed E-state index contributed by atoms with van der Waals surface area (Å²) in [6.07, 6.45) is 0. The van der Waals surface area contributed by atoms with Gasteiger partial charge in [0.15, 0.2) is 0 Å². The predicted molar refractivity (Wildman–Crippen MR) is 172 cm³/mol. The molecule has 0 unspecified atom stereocenters. The maximum atomic E-state index is 13.4. The number of carbonyl (C=O) groups excluding carboxylic acids is 4. The van der Waals surface area contributed by atoms with E-state index in [-0.39, 0.29) is 22.6 Å². The molecule has 0 aliphatic carbocycles. The normalized spacial score (nSPS) is 10.7. The zero-order valence-corrected chi connectivity index (χ0v) is 24.8. The van der Waals surface area contributed by atoms with Gasteiger partial charge in [0.05, 0.1) is 11.1 Å². The van der Waals surface area contributed by atoms with Crippen LogP contribution in [-0.2, 0) is 9.59 Å². The van der Waals surface area contributed by atoms with Gasteiger partial charge in [-0.15, -0.1) is 0 Å². The van der Waals surface area contributed by atoms with E-state index >= 15 is 0 Å². The lowest BCUT2D eigenvalue weighted by Gasteiger charge is -2.19. The zero-order valence-electron chi connectivity index (χ0n) is 24.8. The van der Waals surface area contributed by atoms with Crippen molar-refractivity contribution >= 4 is 45.4 Å². The van der Waals surface area contributed by atoms with Gasteiger partial charge in [0.2, 0.25) is 0 Å². The summed E-state index contributed by atoms with van der Waals surface area (Å²) in [5.41, 5.74) is 1.62. The summed E-state index contributed by atoms with van der Waals surface area (Å²) in [6.45, 7) is 2.59. The third-order valence-electron chi connectivity index (χ3n) is 7.14. The Labute approximate surface area is 263 Å². The average molecular weight is 611 g/mol. The average Bonchev–Trinajstić information content (AvgIpc) is 3.05. The van der Waals surface area contributed by atoms with Crippen molar-refractivity contribution < 1.29 is 38.1 Å². The van der Waals surface area contributed by atoms with Crippen molar-refractivity contribution in [1.29, 1.82) is 0 Å². The summed E-state index contributed by atoms with van der Waals surface area (Å²) < 4.78 is 22.2. The number of esters is 4. The molecule has 8 nitrogen and oxygen atoms in total. The van der Waals surface area contributed by atoms with Gasteiger partial charge in [-0.3, -0.25) is 9.59 Å². The molecule has 0 radical (unpaired) electrons. The highest BCUT2D eigenvalue weighted by Crippen LogP contribution is 2.46. The topological polar surface area (TPSA) is 105 Å². The molecule has 0 heterocycles. The van der Waals surface area contributed by atoms with Crippen molar-refractivity contribution in [2.45, 2.75) is 13.8 Å². The number of benzene rings is 6. The Kier molecular flexibility index (Phi) is 8.26. The van der Waals surface area contributed by atoms with Gasteiger partial charge >= 0.3 is 23.9 Å². The predicted octanol–water partition coefficient (Wildman–Crippen LogP) is 7.95. The molecule has 0 amide bonds. The Morgan fingerprint density at radius 2 is 0.783 bits per heavy atom. The first kappa shape index (κ1) is 29.8. The maximum absolute atomic E-state index is 13.4. The van der Waals surface area contributed by atoms with Gasteiger partial charge in [-0.25, -0.2) is 9.59 Å². The van der Waals surface area contributed by atoms with E-state index in [2.05, 4.69) is 0 Å². The van der Waals surface area contributed by atoms with Crippen LogP contribution in [0.1, 0.15) is 34.6 Å². The van der Waals surface area contributed by atoms with Gasteiger partial charge in [-0.1, -0.05) is 60.7 Å². The summed E-state index contributed by atoms with van der Waals surface area (Å²) in [7, 11) is 0. The molecular formula is C38H26O8. The highest BCUT2D eigenvalue weighted by molar-refractivity contribution is 6.11. The fourth-order valence-corrected chi connectivity index (χ4v) is 5.16. The van der Waals surface area contributed by atoms with Crippen LogP contribution in [-0.4, -0.2) is 23.9 Å². The summed E-state index contributed by atoms with van der Waals surface area (Å²) in [5, 5.41) is 3.32. The largest absolute Gasteiger partial charge is 0.427 e. The molecule has 0 N–H and O–H groups in total. The lowest BCUT2D eigenvalue weighted by atomic mass is 9.92. The molecule has 0 aliphatic rings. The monoisotopic (exact) mass is 610 g/mol. The molecule has 0 spiro atoms.